The van der Waals surface area contributed by atoms with Gasteiger partial charge in [-0.2, -0.15) is 0 Å². The van der Waals surface area contributed by atoms with Gasteiger partial charge in [-0.05, 0) is 42.4 Å². The van der Waals surface area contributed by atoms with E-state index in [4.69, 9.17) is 23.2 Å². The van der Waals surface area contributed by atoms with Crippen molar-refractivity contribution in [1.29, 1.82) is 0 Å². The zero-order valence-electron chi connectivity index (χ0n) is 8.58. The molecule has 0 saturated heterocycles. The van der Waals surface area contributed by atoms with Crippen LogP contribution in [-0.4, -0.2) is 11.2 Å². The van der Waals surface area contributed by atoms with Crippen LogP contribution in [0.5, 0.6) is 0 Å². The maximum absolute atomic E-state index is 9.69. The lowest BCUT2D eigenvalue weighted by atomic mass is 9.90. The van der Waals surface area contributed by atoms with Crippen LogP contribution in [0, 0.1) is 5.92 Å². The van der Waals surface area contributed by atoms with Gasteiger partial charge in [-0.3, -0.25) is 0 Å². The lowest BCUT2D eigenvalue weighted by molar-refractivity contribution is 0.136. The molecule has 1 aromatic rings. The van der Waals surface area contributed by atoms with E-state index in [0.717, 1.165) is 12.8 Å². The van der Waals surface area contributed by atoms with Crippen LogP contribution in [0.3, 0.4) is 0 Å². The summed E-state index contributed by atoms with van der Waals surface area (Å²) in [5.41, 5.74) is 1.19. The molecule has 0 spiro atoms. The molecule has 3 heteroatoms. The van der Waals surface area contributed by atoms with E-state index in [0.29, 0.717) is 21.9 Å². The van der Waals surface area contributed by atoms with Crippen molar-refractivity contribution in [3.8, 4) is 0 Å². The molecule has 2 rings (SSSR count). The van der Waals surface area contributed by atoms with Gasteiger partial charge in [-0.25, -0.2) is 0 Å². The molecule has 1 nitrogen and oxygen atoms in total. The number of aliphatic hydroxyl groups excluding tert-OH is 1. The Labute approximate surface area is 100 Å². The van der Waals surface area contributed by atoms with E-state index in [1.807, 2.05) is 18.2 Å². The van der Waals surface area contributed by atoms with Gasteiger partial charge in [0.1, 0.15) is 0 Å². The second-order valence-corrected chi connectivity index (χ2v) is 5.10. The molecule has 0 bridgehead atoms. The van der Waals surface area contributed by atoms with Gasteiger partial charge in [0.2, 0.25) is 0 Å². The molecule has 0 aliphatic heterocycles. The lowest BCUT2D eigenvalue weighted by Crippen LogP contribution is -2.13. The normalized spacial score (nSPS) is 30.8. The fourth-order valence-corrected chi connectivity index (χ4v) is 2.66. The molecule has 1 fully saturated rings. The fourth-order valence-electron chi connectivity index (χ4n) is 2.36. The van der Waals surface area contributed by atoms with Gasteiger partial charge < -0.3 is 5.11 Å². The number of benzene rings is 1. The highest BCUT2D eigenvalue weighted by molar-refractivity contribution is 6.42. The molecule has 3 unspecified atom stereocenters. The minimum Gasteiger partial charge on any atom is -0.393 e. The van der Waals surface area contributed by atoms with Crippen LogP contribution in [-0.2, 0) is 0 Å². The van der Waals surface area contributed by atoms with Crippen LogP contribution in [0.2, 0.25) is 10.0 Å². The summed E-state index contributed by atoms with van der Waals surface area (Å²) in [5, 5.41) is 10.9. The number of aliphatic hydroxyl groups is 1. The first kappa shape index (κ1) is 11.3. The maximum Gasteiger partial charge on any atom is 0.0595 e. The van der Waals surface area contributed by atoms with Gasteiger partial charge in [0.25, 0.3) is 0 Å². The zero-order chi connectivity index (χ0) is 11.0. The van der Waals surface area contributed by atoms with Crippen molar-refractivity contribution in [2.45, 2.75) is 31.8 Å². The van der Waals surface area contributed by atoms with E-state index in [9.17, 15) is 5.11 Å². The smallest absolute Gasteiger partial charge is 0.0595 e. The molecule has 1 N–H and O–H groups in total. The van der Waals surface area contributed by atoms with Crippen molar-refractivity contribution in [2.24, 2.45) is 5.92 Å². The largest absolute Gasteiger partial charge is 0.393 e. The molecule has 1 aliphatic rings. The van der Waals surface area contributed by atoms with E-state index >= 15 is 0 Å². The Bertz CT molecular complexity index is 365. The van der Waals surface area contributed by atoms with Crippen LogP contribution in [0.1, 0.15) is 31.2 Å². The summed E-state index contributed by atoms with van der Waals surface area (Å²) < 4.78 is 0. The third kappa shape index (κ3) is 2.15. The summed E-state index contributed by atoms with van der Waals surface area (Å²) in [6, 6.07) is 5.76. The predicted molar refractivity (Wildman–Crippen MR) is 63.6 cm³/mol. The molecule has 1 aliphatic carbocycles. The maximum atomic E-state index is 9.69. The predicted octanol–water partition coefficient (Wildman–Crippen LogP) is 3.87. The summed E-state index contributed by atoms with van der Waals surface area (Å²) in [5.74, 6) is 0.719. The summed E-state index contributed by atoms with van der Waals surface area (Å²) in [4.78, 5) is 0. The van der Waals surface area contributed by atoms with Crippen LogP contribution < -0.4 is 0 Å². The molecule has 82 valence electrons. The Balaban J connectivity index is 2.26. The SMILES string of the molecule is CC1C(O)CCC1c1ccc(Cl)c(Cl)c1. The second-order valence-electron chi connectivity index (χ2n) is 4.28. The molecular weight excluding hydrogens is 231 g/mol. The number of halogens is 2. The van der Waals surface area contributed by atoms with Crippen molar-refractivity contribution in [2.75, 3.05) is 0 Å². The Hall–Kier alpha value is -0.240. The van der Waals surface area contributed by atoms with Crippen LogP contribution in [0.15, 0.2) is 18.2 Å². The summed E-state index contributed by atoms with van der Waals surface area (Å²) in [6.45, 7) is 2.09. The summed E-state index contributed by atoms with van der Waals surface area (Å²) in [6.07, 6.45) is 1.73. The summed E-state index contributed by atoms with van der Waals surface area (Å²) in [7, 11) is 0. The Morgan fingerprint density at radius 3 is 2.47 bits per heavy atom. The monoisotopic (exact) mass is 244 g/mol. The molecule has 0 aromatic heterocycles. The van der Waals surface area contributed by atoms with Crippen LogP contribution in [0.25, 0.3) is 0 Å². The molecule has 1 aromatic carbocycles. The Kier molecular flexibility index (Phi) is 3.24. The van der Waals surface area contributed by atoms with Crippen molar-refractivity contribution in [3.05, 3.63) is 33.8 Å². The molecule has 0 heterocycles. The minimum absolute atomic E-state index is 0.176. The Morgan fingerprint density at radius 1 is 1.20 bits per heavy atom. The number of hydrogen-bond donors (Lipinski definition) is 1. The first-order valence-electron chi connectivity index (χ1n) is 5.22. The average Bonchev–Trinajstić information content (AvgIpc) is 2.53. The third-order valence-corrected chi connectivity index (χ3v) is 4.13. The number of hydrogen-bond acceptors (Lipinski definition) is 1. The highest BCUT2D eigenvalue weighted by Gasteiger charge is 2.32. The van der Waals surface area contributed by atoms with Crippen molar-refractivity contribution in [3.63, 3.8) is 0 Å². The minimum atomic E-state index is -0.176. The third-order valence-electron chi connectivity index (χ3n) is 3.39. The van der Waals surface area contributed by atoms with Gasteiger partial charge >= 0.3 is 0 Å². The van der Waals surface area contributed by atoms with E-state index < -0.39 is 0 Å². The zero-order valence-corrected chi connectivity index (χ0v) is 10.1. The van der Waals surface area contributed by atoms with Crippen LogP contribution >= 0.6 is 23.2 Å². The first-order chi connectivity index (χ1) is 7.09. The topological polar surface area (TPSA) is 20.2 Å². The standard InChI is InChI=1S/C12H14Cl2O/c1-7-9(3-5-12(7)15)8-2-4-10(13)11(14)6-8/h2,4,6-7,9,12,15H,3,5H2,1H3. The van der Waals surface area contributed by atoms with Crippen molar-refractivity contribution < 1.29 is 5.11 Å². The van der Waals surface area contributed by atoms with E-state index in [1.54, 1.807) is 0 Å². The van der Waals surface area contributed by atoms with Gasteiger partial charge in [0.15, 0.2) is 0 Å². The van der Waals surface area contributed by atoms with Gasteiger partial charge in [-0.1, -0.05) is 36.2 Å². The second kappa shape index (κ2) is 4.32. The summed E-state index contributed by atoms with van der Waals surface area (Å²) >= 11 is 11.9. The Morgan fingerprint density at radius 2 is 1.93 bits per heavy atom. The highest BCUT2D eigenvalue weighted by Crippen LogP contribution is 2.40. The van der Waals surface area contributed by atoms with Crippen molar-refractivity contribution in [1.82, 2.24) is 0 Å². The van der Waals surface area contributed by atoms with E-state index in [-0.39, 0.29) is 6.10 Å². The number of rotatable bonds is 1. The lowest BCUT2D eigenvalue weighted by Gasteiger charge is -2.18. The molecule has 15 heavy (non-hydrogen) atoms. The quantitative estimate of drug-likeness (QED) is 0.796. The fraction of sp³-hybridized carbons (Fsp3) is 0.500. The van der Waals surface area contributed by atoms with E-state index in [2.05, 4.69) is 6.92 Å². The molecule has 0 radical (unpaired) electrons. The average molecular weight is 245 g/mol. The molecule has 0 amide bonds. The van der Waals surface area contributed by atoms with Crippen molar-refractivity contribution >= 4 is 23.2 Å². The molecule has 3 atom stereocenters. The molecule has 1 saturated carbocycles. The highest BCUT2D eigenvalue weighted by atomic mass is 35.5. The van der Waals surface area contributed by atoms with Gasteiger partial charge in [0.05, 0.1) is 16.1 Å². The molecular formula is C12H14Cl2O. The van der Waals surface area contributed by atoms with Gasteiger partial charge in [0, 0.05) is 0 Å². The van der Waals surface area contributed by atoms with Gasteiger partial charge in [-0.15, -0.1) is 0 Å². The first-order valence-corrected chi connectivity index (χ1v) is 5.98. The van der Waals surface area contributed by atoms with Crippen LogP contribution in [0.4, 0.5) is 0 Å². The van der Waals surface area contributed by atoms with E-state index in [1.165, 1.54) is 5.56 Å².